The quantitative estimate of drug-likeness (QED) is 0.591. The molecule has 2 aromatic carbocycles. The molecule has 3 heterocycles. The number of hydrogen-bond acceptors (Lipinski definition) is 6. The fraction of sp³-hybridized carbons (Fsp3) is 0.200. The summed E-state index contributed by atoms with van der Waals surface area (Å²) in [6.07, 6.45) is 5.37. The molecule has 2 aliphatic rings. The topological polar surface area (TPSA) is 60.9 Å². The van der Waals surface area contributed by atoms with Gasteiger partial charge in [-0.15, -0.1) is 0 Å². The van der Waals surface area contributed by atoms with Crippen molar-refractivity contribution in [2.24, 2.45) is 0 Å². The Morgan fingerprint density at radius 1 is 1.19 bits per heavy atom. The van der Waals surface area contributed by atoms with Crippen LogP contribution < -0.4 is 14.2 Å². The molecule has 0 bridgehead atoms. The van der Waals surface area contributed by atoms with Crippen LogP contribution in [-0.4, -0.2) is 29.5 Å². The van der Waals surface area contributed by atoms with E-state index in [0.29, 0.717) is 30.3 Å². The molecule has 1 aromatic heterocycles. The van der Waals surface area contributed by atoms with Crippen molar-refractivity contribution in [2.75, 3.05) is 13.8 Å². The molecule has 156 valence electrons. The number of allylic oxidation sites excluding steroid dienone is 1. The monoisotopic (exact) mass is 414 g/mol. The number of ketones is 1. The molecular formula is C25H22N2O4. The van der Waals surface area contributed by atoms with Gasteiger partial charge in [-0.25, -0.2) is 0 Å². The lowest BCUT2D eigenvalue weighted by Crippen LogP contribution is -2.32. The summed E-state index contributed by atoms with van der Waals surface area (Å²) < 4.78 is 17.3. The fourth-order valence-electron chi connectivity index (χ4n) is 4.03. The molecule has 6 nitrogen and oxygen atoms in total. The SMILES string of the molecule is COc1cccc(C=C2Oc3c(cc4c(c3C)OCN(Cc3cccnc3)C4)C2=O)c1. The molecule has 5 rings (SSSR count). The summed E-state index contributed by atoms with van der Waals surface area (Å²) in [6.45, 7) is 3.84. The van der Waals surface area contributed by atoms with E-state index < -0.39 is 0 Å². The first-order chi connectivity index (χ1) is 15.1. The maximum Gasteiger partial charge on any atom is 0.231 e. The van der Waals surface area contributed by atoms with E-state index >= 15 is 0 Å². The first-order valence-electron chi connectivity index (χ1n) is 10.1. The largest absolute Gasteiger partial charge is 0.497 e. The van der Waals surface area contributed by atoms with Crippen molar-refractivity contribution in [1.82, 2.24) is 9.88 Å². The highest BCUT2D eigenvalue weighted by molar-refractivity contribution is 6.15. The van der Waals surface area contributed by atoms with Gasteiger partial charge in [-0.2, -0.15) is 0 Å². The third-order valence-electron chi connectivity index (χ3n) is 5.52. The number of benzene rings is 2. The average Bonchev–Trinajstić information content (AvgIpc) is 3.10. The lowest BCUT2D eigenvalue weighted by atomic mass is 10.00. The number of methoxy groups -OCH3 is 1. The number of carbonyl (C=O) groups is 1. The Hall–Kier alpha value is -3.64. The van der Waals surface area contributed by atoms with Crippen molar-refractivity contribution in [2.45, 2.75) is 20.0 Å². The van der Waals surface area contributed by atoms with Crippen molar-refractivity contribution >= 4 is 11.9 Å². The molecule has 0 radical (unpaired) electrons. The van der Waals surface area contributed by atoms with Crippen LogP contribution in [0.2, 0.25) is 0 Å². The number of fused-ring (bicyclic) bond motifs is 2. The molecule has 0 N–H and O–H groups in total. The summed E-state index contributed by atoms with van der Waals surface area (Å²) in [4.78, 5) is 19.4. The van der Waals surface area contributed by atoms with Crippen LogP contribution in [0.3, 0.4) is 0 Å². The van der Waals surface area contributed by atoms with Crippen LogP contribution in [-0.2, 0) is 13.1 Å². The lowest BCUT2D eigenvalue weighted by molar-refractivity contribution is 0.0876. The van der Waals surface area contributed by atoms with Gasteiger partial charge in [0.05, 0.1) is 12.7 Å². The second-order valence-electron chi connectivity index (χ2n) is 7.70. The predicted molar refractivity (Wildman–Crippen MR) is 116 cm³/mol. The zero-order valence-electron chi connectivity index (χ0n) is 17.4. The minimum absolute atomic E-state index is 0.117. The average molecular weight is 414 g/mol. The van der Waals surface area contributed by atoms with Crippen LogP contribution in [0.25, 0.3) is 6.08 Å². The van der Waals surface area contributed by atoms with Crippen LogP contribution in [0.5, 0.6) is 17.2 Å². The van der Waals surface area contributed by atoms with Gasteiger partial charge in [-0.3, -0.25) is 14.7 Å². The van der Waals surface area contributed by atoms with Crippen molar-refractivity contribution in [3.8, 4) is 17.2 Å². The molecular weight excluding hydrogens is 392 g/mol. The van der Waals surface area contributed by atoms with Gasteiger partial charge < -0.3 is 14.2 Å². The molecule has 6 heteroatoms. The van der Waals surface area contributed by atoms with Gasteiger partial charge in [0.15, 0.2) is 5.76 Å². The number of nitrogens with zero attached hydrogens (tertiary/aromatic N) is 2. The summed E-state index contributed by atoms with van der Waals surface area (Å²) in [5.41, 5.74) is 4.39. The standard InChI is InChI=1S/C25H22N2O4/c1-16-24-19(14-27(15-30-24)13-18-6-4-8-26-12-18)11-21-23(28)22(31-25(16)21)10-17-5-3-7-20(9-17)29-2/h3-12H,13-15H2,1-2H3. The first-order valence-corrected chi connectivity index (χ1v) is 10.1. The molecule has 0 fully saturated rings. The zero-order valence-corrected chi connectivity index (χ0v) is 17.4. The van der Waals surface area contributed by atoms with Gasteiger partial charge >= 0.3 is 0 Å². The fourth-order valence-corrected chi connectivity index (χ4v) is 4.03. The molecule has 0 aliphatic carbocycles. The van der Waals surface area contributed by atoms with Crippen molar-refractivity contribution in [3.05, 3.63) is 88.4 Å². The molecule has 0 saturated heterocycles. The van der Waals surface area contributed by atoms with E-state index in [2.05, 4.69) is 9.88 Å². The van der Waals surface area contributed by atoms with Crippen LogP contribution >= 0.6 is 0 Å². The van der Waals surface area contributed by atoms with Crippen molar-refractivity contribution in [1.29, 1.82) is 0 Å². The Morgan fingerprint density at radius 2 is 2.10 bits per heavy atom. The van der Waals surface area contributed by atoms with Gasteiger partial charge in [0.1, 0.15) is 24.0 Å². The summed E-state index contributed by atoms with van der Waals surface area (Å²) in [6, 6.07) is 13.4. The minimum atomic E-state index is -0.117. The number of ether oxygens (including phenoxy) is 3. The Kier molecular flexibility index (Phi) is 4.92. The second-order valence-corrected chi connectivity index (χ2v) is 7.70. The Labute approximate surface area is 180 Å². The molecule has 0 atom stereocenters. The lowest BCUT2D eigenvalue weighted by Gasteiger charge is -2.30. The van der Waals surface area contributed by atoms with Crippen molar-refractivity contribution in [3.63, 3.8) is 0 Å². The summed E-state index contributed by atoms with van der Waals surface area (Å²) in [5.74, 6) is 2.30. The Morgan fingerprint density at radius 3 is 2.90 bits per heavy atom. The smallest absolute Gasteiger partial charge is 0.231 e. The van der Waals surface area contributed by atoms with E-state index in [-0.39, 0.29) is 5.78 Å². The van der Waals surface area contributed by atoms with E-state index in [0.717, 1.165) is 40.3 Å². The van der Waals surface area contributed by atoms with Gasteiger partial charge in [0.2, 0.25) is 5.78 Å². The van der Waals surface area contributed by atoms with Crippen LogP contribution in [0, 0.1) is 6.92 Å². The van der Waals surface area contributed by atoms with E-state index in [1.807, 2.05) is 55.6 Å². The van der Waals surface area contributed by atoms with Crippen molar-refractivity contribution < 1.29 is 19.0 Å². The number of Topliss-reactive ketones (excluding diaryl/α,β-unsaturated/α-hetero) is 1. The molecule has 0 saturated carbocycles. The number of pyridine rings is 1. The predicted octanol–water partition coefficient (Wildman–Crippen LogP) is 4.37. The maximum absolute atomic E-state index is 13.1. The summed E-state index contributed by atoms with van der Waals surface area (Å²) >= 11 is 0. The van der Waals surface area contributed by atoms with E-state index in [4.69, 9.17) is 14.2 Å². The molecule has 0 unspecified atom stereocenters. The molecule has 2 aliphatic heterocycles. The maximum atomic E-state index is 13.1. The highest BCUT2D eigenvalue weighted by atomic mass is 16.5. The molecule has 3 aromatic rings. The zero-order chi connectivity index (χ0) is 21.4. The Bertz CT molecular complexity index is 1190. The van der Waals surface area contributed by atoms with Crippen LogP contribution in [0.15, 0.2) is 60.6 Å². The third kappa shape index (κ3) is 3.66. The number of aromatic nitrogens is 1. The molecule has 31 heavy (non-hydrogen) atoms. The van der Waals surface area contributed by atoms with E-state index in [1.165, 1.54) is 0 Å². The van der Waals surface area contributed by atoms with Gasteiger partial charge in [-0.05, 0) is 48.4 Å². The Balaban J connectivity index is 1.43. The third-order valence-corrected chi connectivity index (χ3v) is 5.52. The summed E-state index contributed by atoms with van der Waals surface area (Å²) in [5, 5.41) is 0. The first kappa shape index (κ1) is 19.3. The van der Waals surface area contributed by atoms with Gasteiger partial charge in [0, 0.05) is 36.6 Å². The summed E-state index contributed by atoms with van der Waals surface area (Å²) in [7, 11) is 1.62. The van der Waals surface area contributed by atoms with Crippen LogP contribution in [0.1, 0.15) is 32.6 Å². The molecule has 0 spiro atoms. The van der Waals surface area contributed by atoms with Gasteiger partial charge in [0.25, 0.3) is 0 Å². The number of hydrogen-bond donors (Lipinski definition) is 0. The molecule has 0 amide bonds. The number of rotatable bonds is 4. The highest BCUT2D eigenvalue weighted by Crippen LogP contribution is 2.43. The number of carbonyl (C=O) groups excluding carboxylic acids is 1. The minimum Gasteiger partial charge on any atom is -0.497 e. The highest BCUT2D eigenvalue weighted by Gasteiger charge is 2.33. The van der Waals surface area contributed by atoms with E-state index in [1.54, 1.807) is 19.4 Å². The van der Waals surface area contributed by atoms with E-state index in [9.17, 15) is 4.79 Å². The van der Waals surface area contributed by atoms with Gasteiger partial charge in [-0.1, -0.05) is 18.2 Å². The van der Waals surface area contributed by atoms with Crippen LogP contribution in [0.4, 0.5) is 0 Å². The second kappa shape index (κ2) is 7.89. The normalized spacial score (nSPS) is 16.5.